The Morgan fingerprint density at radius 3 is 2.39 bits per heavy atom. The zero-order valence-corrected chi connectivity index (χ0v) is 10.6. The Morgan fingerprint density at radius 2 is 1.94 bits per heavy atom. The molecule has 0 bridgehead atoms. The highest BCUT2D eigenvalue weighted by atomic mass is 35.5. The number of anilines is 1. The molecule has 0 heterocycles. The van der Waals surface area contributed by atoms with Crippen LogP contribution in [0.4, 0.5) is 10.5 Å². The van der Waals surface area contributed by atoms with Gasteiger partial charge in [0, 0.05) is 5.69 Å². The van der Waals surface area contributed by atoms with Crippen molar-refractivity contribution in [1.82, 2.24) is 0 Å². The number of rotatable bonds is 4. The van der Waals surface area contributed by atoms with E-state index in [1.54, 1.807) is 0 Å². The zero-order valence-electron chi connectivity index (χ0n) is 9.07. The van der Waals surface area contributed by atoms with E-state index in [2.05, 4.69) is 16.6 Å². The number of amides is 1. The van der Waals surface area contributed by atoms with Crippen LogP contribution in [0.15, 0.2) is 24.8 Å². The molecule has 0 aliphatic heterocycles. The zero-order chi connectivity index (χ0) is 13.7. The molecule has 0 radical (unpaired) electrons. The van der Waals surface area contributed by atoms with Gasteiger partial charge in [-0.15, -0.1) is 0 Å². The molecule has 5 nitrogen and oxygen atoms in total. The third-order valence-corrected chi connectivity index (χ3v) is 2.43. The minimum absolute atomic E-state index is 0.0561. The molecule has 0 fully saturated rings. The summed E-state index contributed by atoms with van der Waals surface area (Å²) in [5.74, 6) is -1.24. The maximum Gasteiger partial charge on any atom is 0.411 e. The Morgan fingerprint density at radius 1 is 1.39 bits per heavy atom. The van der Waals surface area contributed by atoms with Crippen LogP contribution in [0.25, 0.3) is 0 Å². The van der Waals surface area contributed by atoms with Crippen LogP contribution < -0.4 is 5.32 Å². The standard InChI is InChI=1S/C11H9Cl2NO4/c1-2-3-18-11(17)14-6-4-7(12)9(10(15)16)8(13)5-6/h2,4-5H,1,3H2,(H,14,17)(H,15,16). The highest BCUT2D eigenvalue weighted by Crippen LogP contribution is 2.29. The molecule has 0 aliphatic rings. The van der Waals surface area contributed by atoms with Crippen molar-refractivity contribution in [2.75, 3.05) is 11.9 Å². The highest BCUT2D eigenvalue weighted by Gasteiger charge is 2.15. The summed E-state index contributed by atoms with van der Waals surface area (Å²) in [6.07, 6.45) is 0.692. The van der Waals surface area contributed by atoms with Crippen LogP contribution >= 0.6 is 23.2 Å². The lowest BCUT2D eigenvalue weighted by molar-refractivity contribution is 0.0697. The summed E-state index contributed by atoms with van der Waals surface area (Å²) in [6, 6.07) is 2.54. The normalized spacial score (nSPS) is 9.67. The number of ether oxygens (including phenoxy) is 1. The molecule has 0 saturated heterocycles. The minimum atomic E-state index is -1.24. The van der Waals surface area contributed by atoms with Gasteiger partial charge in [0.25, 0.3) is 0 Å². The minimum Gasteiger partial charge on any atom is -0.478 e. The maximum atomic E-state index is 11.2. The van der Waals surface area contributed by atoms with Crippen LogP contribution in [0.3, 0.4) is 0 Å². The van der Waals surface area contributed by atoms with E-state index < -0.39 is 12.1 Å². The lowest BCUT2D eigenvalue weighted by Gasteiger charge is -2.08. The fourth-order valence-electron chi connectivity index (χ4n) is 1.14. The Kier molecular flexibility index (Phi) is 5.00. The van der Waals surface area contributed by atoms with Crippen molar-refractivity contribution in [3.63, 3.8) is 0 Å². The van der Waals surface area contributed by atoms with Gasteiger partial charge in [-0.25, -0.2) is 9.59 Å². The first kappa shape index (κ1) is 14.3. The molecule has 2 N–H and O–H groups in total. The number of carboxylic acids is 1. The smallest absolute Gasteiger partial charge is 0.411 e. The second-order valence-electron chi connectivity index (χ2n) is 3.13. The van der Waals surface area contributed by atoms with Crippen LogP contribution in [0.2, 0.25) is 10.0 Å². The molecule has 96 valence electrons. The van der Waals surface area contributed by atoms with E-state index in [0.717, 1.165) is 0 Å². The lowest BCUT2D eigenvalue weighted by Crippen LogP contribution is -2.14. The molecular formula is C11H9Cl2NO4. The number of carbonyl (C=O) groups excluding carboxylic acids is 1. The Balaban J connectivity index is 2.90. The van der Waals surface area contributed by atoms with Crippen molar-refractivity contribution in [2.45, 2.75) is 0 Å². The predicted molar refractivity (Wildman–Crippen MR) is 68.6 cm³/mol. The number of benzene rings is 1. The molecule has 1 rings (SSSR count). The van der Waals surface area contributed by atoms with E-state index in [0.29, 0.717) is 0 Å². The van der Waals surface area contributed by atoms with Gasteiger partial charge in [-0.05, 0) is 12.1 Å². The summed E-state index contributed by atoms with van der Waals surface area (Å²) in [4.78, 5) is 22.1. The number of carboxylic acid groups (broad SMARTS) is 1. The van der Waals surface area contributed by atoms with Crippen molar-refractivity contribution in [3.05, 3.63) is 40.4 Å². The molecule has 0 unspecified atom stereocenters. The third kappa shape index (κ3) is 3.65. The number of nitrogens with one attached hydrogen (secondary N) is 1. The van der Waals surface area contributed by atoms with Crippen molar-refractivity contribution in [1.29, 1.82) is 0 Å². The lowest BCUT2D eigenvalue weighted by atomic mass is 10.2. The highest BCUT2D eigenvalue weighted by molar-refractivity contribution is 6.39. The molecule has 0 spiro atoms. The van der Waals surface area contributed by atoms with Crippen molar-refractivity contribution < 1.29 is 19.4 Å². The number of aromatic carboxylic acids is 1. The first-order chi connectivity index (χ1) is 8.45. The van der Waals surface area contributed by atoms with Gasteiger partial charge in [0.2, 0.25) is 0 Å². The van der Waals surface area contributed by atoms with Crippen molar-refractivity contribution in [3.8, 4) is 0 Å². The molecule has 0 aromatic heterocycles. The van der Waals surface area contributed by atoms with E-state index in [1.807, 2.05) is 0 Å². The topological polar surface area (TPSA) is 75.6 Å². The van der Waals surface area contributed by atoms with Crippen molar-refractivity contribution >= 4 is 41.0 Å². The van der Waals surface area contributed by atoms with Crippen LogP contribution in [0, 0.1) is 0 Å². The average molecular weight is 290 g/mol. The van der Waals surface area contributed by atoms with Crippen LogP contribution in [-0.4, -0.2) is 23.8 Å². The summed E-state index contributed by atoms with van der Waals surface area (Å²) in [6.45, 7) is 3.44. The van der Waals surface area contributed by atoms with Crippen molar-refractivity contribution in [2.24, 2.45) is 0 Å². The predicted octanol–water partition coefficient (Wildman–Crippen LogP) is 3.43. The molecule has 18 heavy (non-hydrogen) atoms. The summed E-state index contributed by atoms with van der Waals surface area (Å²) in [5, 5.41) is 11.0. The molecule has 0 atom stereocenters. The first-order valence-electron chi connectivity index (χ1n) is 4.72. The van der Waals surface area contributed by atoms with Gasteiger partial charge in [-0.2, -0.15) is 0 Å². The first-order valence-corrected chi connectivity index (χ1v) is 5.48. The summed E-state index contributed by atoms with van der Waals surface area (Å²) >= 11 is 11.5. The third-order valence-electron chi connectivity index (χ3n) is 1.83. The second kappa shape index (κ2) is 6.28. The quantitative estimate of drug-likeness (QED) is 0.833. The molecule has 7 heteroatoms. The molecule has 1 amide bonds. The number of hydrogen-bond acceptors (Lipinski definition) is 3. The van der Waals surface area contributed by atoms with Crippen LogP contribution in [0.5, 0.6) is 0 Å². The second-order valence-corrected chi connectivity index (χ2v) is 3.95. The summed E-state index contributed by atoms with van der Waals surface area (Å²) in [5.41, 5.74) is 0.0207. The van der Waals surface area contributed by atoms with Gasteiger partial charge in [-0.3, -0.25) is 5.32 Å². The Hall–Kier alpha value is -1.72. The van der Waals surface area contributed by atoms with E-state index in [-0.39, 0.29) is 27.9 Å². The number of hydrogen-bond donors (Lipinski definition) is 2. The summed E-state index contributed by atoms with van der Waals surface area (Å²) in [7, 11) is 0. The van der Waals surface area contributed by atoms with E-state index in [9.17, 15) is 9.59 Å². The fraction of sp³-hybridized carbons (Fsp3) is 0.0909. The monoisotopic (exact) mass is 289 g/mol. The maximum absolute atomic E-state index is 11.2. The molecule has 0 aliphatic carbocycles. The van der Waals surface area contributed by atoms with Gasteiger partial charge in [0.1, 0.15) is 6.61 Å². The SMILES string of the molecule is C=CCOC(=O)Nc1cc(Cl)c(C(=O)O)c(Cl)c1. The molecule has 1 aromatic rings. The van der Waals surface area contributed by atoms with Crippen LogP contribution in [-0.2, 0) is 4.74 Å². The van der Waals surface area contributed by atoms with Gasteiger partial charge in [0.05, 0.1) is 15.6 Å². The van der Waals surface area contributed by atoms with Gasteiger partial charge in [-0.1, -0.05) is 35.9 Å². The molecule has 1 aromatic carbocycles. The fourth-order valence-corrected chi connectivity index (χ4v) is 1.79. The van der Waals surface area contributed by atoms with E-state index >= 15 is 0 Å². The van der Waals surface area contributed by atoms with E-state index in [4.69, 9.17) is 28.3 Å². The average Bonchev–Trinajstić information content (AvgIpc) is 2.24. The molecule has 0 saturated carbocycles. The molecular weight excluding hydrogens is 281 g/mol. The Labute approximate surface area is 113 Å². The largest absolute Gasteiger partial charge is 0.478 e. The van der Waals surface area contributed by atoms with E-state index in [1.165, 1.54) is 18.2 Å². The summed E-state index contributed by atoms with van der Waals surface area (Å²) < 4.78 is 4.68. The van der Waals surface area contributed by atoms with Gasteiger partial charge >= 0.3 is 12.1 Å². The number of halogens is 2. The number of carbonyl (C=O) groups is 2. The Bertz CT molecular complexity index is 479. The van der Waals surface area contributed by atoms with Gasteiger partial charge < -0.3 is 9.84 Å². The van der Waals surface area contributed by atoms with Gasteiger partial charge in [0.15, 0.2) is 0 Å². The van der Waals surface area contributed by atoms with Crippen LogP contribution in [0.1, 0.15) is 10.4 Å².